The summed E-state index contributed by atoms with van der Waals surface area (Å²) >= 11 is 0. The van der Waals surface area contributed by atoms with Crippen LogP contribution >= 0.6 is 0 Å². The summed E-state index contributed by atoms with van der Waals surface area (Å²) in [6, 6.07) is 67.8. The molecule has 1 aliphatic rings. The third-order valence-electron chi connectivity index (χ3n) is 11.2. The molecule has 0 amide bonds. The highest BCUT2D eigenvalue weighted by Gasteiger charge is 2.22. The van der Waals surface area contributed by atoms with E-state index in [-0.39, 0.29) is 0 Å². The van der Waals surface area contributed by atoms with Gasteiger partial charge in [-0.3, -0.25) is 0 Å². The average molecular weight is 745 g/mol. The minimum Gasteiger partial charge on any atom is -0.456 e. The number of hydrogen-bond donors (Lipinski definition) is 0. The molecule has 1 aliphatic heterocycles. The first-order chi connectivity index (χ1) is 28.7. The normalized spacial score (nSPS) is 12.3. The van der Waals surface area contributed by atoms with E-state index in [1.807, 2.05) is 24.3 Å². The first-order valence-electron chi connectivity index (χ1n) is 19.7. The van der Waals surface area contributed by atoms with Gasteiger partial charge in [-0.1, -0.05) is 140 Å². The number of benzene rings is 8. The minimum absolute atomic E-state index is 0.590. The van der Waals surface area contributed by atoms with E-state index in [0.717, 1.165) is 79.4 Å². The molecule has 8 aromatic carbocycles. The largest absolute Gasteiger partial charge is 0.456 e. The SMILES string of the molecule is c1ccc(-c2cccc(-c3nc(-c4cccc(-c5ccccc5)c4)nc(-c4cccc5oc6ccc(-c7ccc8c(c7)CCN8c7ccccc7)cc6c45)n3)c2)cc1. The Kier molecular flexibility index (Phi) is 8.21. The molecule has 0 aliphatic carbocycles. The summed E-state index contributed by atoms with van der Waals surface area (Å²) in [6.07, 6.45) is 1.01. The zero-order valence-electron chi connectivity index (χ0n) is 31.6. The highest BCUT2D eigenvalue weighted by Crippen LogP contribution is 2.41. The van der Waals surface area contributed by atoms with Crippen LogP contribution in [0.15, 0.2) is 199 Å². The molecule has 10 aromatic rings. The van der Waals surface area contributed by atoms with Crippen molar-refractivity contribution in [3.05, 3.63) is 200 Å². The summed E-state index contributed by atoms with van der Waals surface area (Å²) in [6.45, 7) is 0.973. The van der Waals surface area contributed by atoms with Crippen molar-refractivity contribution in [3.63, 3.8) is 0 Å². The lowest BCUT2D eigenvalue weighted by Gasteiger charge is -2.19. The molecule has 0 saturated carbocycles. The van der Waals surface area contributed by atoms with E-state index in [2.05, 4.69) is 175 Å². The summed E-state index contributed by atoms with van der Waals surface area (Å²) in [5.41, 5.74) is 15.0. The van der Waals surface area contributed by atoms with Crippen molar-refractivity contribution in [3.8, 4) is 67.5 Å². The summed E-state index contributed by atoms with van der Waals surface area (Å²) < 4.78 is 6.52. The van der Waals surface area contributed by atoms with Crippen molar-refractivity contribution < 1.29 is 4.42 Å². The van der Waals surface area contributed by atoms with Crippen molar-refractivity contribution in [2.24, 2.45) is 0 Å². The summed E-state index contributed by atoms with van der Waals surface area (Å²) in [5, 5.41) is 2.00. The monoisotopic (exact) mass is 744 g/mol. The highest BCUT2D eigenvalue weighted by atomic mass is 16.3. The number of hydrogen-bond acceptors (Lipinski definition) is 5. The van der Waals surface area contributed by atoms with Crippen LogP contribution in [0.3, 0.4) is 0 Å². The second-order valence-electron chi connectivity index (χ2n) is 14.8. The molecular formula is C53H36N4O. The number of furan rings is 1. The Morgan fingerprint density at radius 2 is 0.931 bits per heavy atom. The predicted octanol–water partition coefficient (Wildman–Crippen LogP) is 13.5. The van der Waals surface area contributed by atoms with Gasteiger partial charge in [0.05, 0.1) is 0 Å². The first kappa shape index (κ1) is 33.7. The number of aromatic nitrogens is 3. The second-order valence-corrected chi connectivity index (χ2v) is 14.8. The zero-order chi connectivity index (χ0) is 38.4. The van der Waals surface area contributed by atoms with Gasteiger partial charge in [0.25, 0.3) is 0 Å². The Hall–Kier alpha value is -7.63. The van der Waals surface area contributed by atoms with Crippen LogP contribution in [0.5, 0.6) is 0 Å². The maximum absolute atomic E-state index is 6.52. The van der Waals surface area contributed by atoms with Gasteiger partial charge in [0, 0.05) is 45.4 Å². The molecule has 0 spiro atoms. The molecule has 0 fully saturated rings. The van der Waals surface area contributed by atoms with Crippen LogP contribution in [0.4, 0.5) is 11.4 Å². The van der Waals surface area contributed by atoms with Gasteiger partial charge in [-0.05, 0) is 100.0 Å². The van der Waals surface area contributed by atoms with Gasteiger partial charge in [0.1, 0.15) is 11.2 Å². The van der Waals surface area contributed by atoms with Gasteiger partial charge in [0.2, 0.25) is 0 Å². The standard InChI is InChI=1S/C53H36N4O/c1-4-13-35(14-5-1)37-17-10-19-42(32-37)51-54-52(43-20-11-18-38(33-43)36-15-6-2-7-16-36)56-53(55-51)45-23-12-24-49-50(45)46-34-40(26-28-48(46)58-49)39-25-27-47-41(31-39)29-30-57(47)44-21-8-3-9-22-44/h1-28,31-34H,29-30H2. The smallest absolute Gasteiger partial charge is 0.164 e. The molecule has 11 rings (SSSR count). The molecule has 0 saturated heterocycles. The van der Waals surface area contributed by atoms with Crippen molar-refractivity contribution in [1.82, 2.24) is 15.0 Å². The van der Waals surface area contributed by atoms with Gasteiger partial charge >= 0.3 is 0 Å². The van der Waals surface area contributed by atoms with Crippen LogP contribution in [-0.4, -0.2) is 21.5 Å². The van der Waals surface area contributed by atoms with Crippen LogP contribution < -0.4 is 4.90 Å². The van der Waals surface area contributed by atoms with Gasteiger partial charge in [-0.2, -0.15) is 0 Å². The van der Waals surface area contributed by atoms with Crippen LogP contribution in [0.2, 0.25) is 0 Å². The fourth-order valence-corrected chi connectivity index (χ4v) is 8.34. The fraction of sp³-hybridized carbons (Fsp3) is 0.0377. The first-order valence-corrected chi connectivity index (χ1v) is 19.7. The molecule has 0 atom stereocenters. The van der Waals surface area contributed by atoms with Gasteiger partial charge in [-0.15, -0.1) is 0 Å². The average Bonchev–Trinajstić information content (AvgIpc) is 3.91. The maximum atomic E-state index is 6.52. The lowest BCUT2D eigenvalue weighted by molar-refractivity contribution is 0.669. The molecule has 58 heavy (non-hydrogen) atoms. The third kappa shape index (κ3) is 6.10. The number of fused-ring (bicyclic) bond motifs is 4. The predicted molar refractivity (Wildman–Crippen MR) is 237 cm³/mol. The molecule has 0 N–H and O–H groups in total. The molecular weight excluding hydrogens is 709 g/mol. The second kappa shape index (κ2) is 14.1. The van der Waals surface area contributed by atoms with Crippen LogP contribution in [0.1, 0.15) is 5.56 Å². The number of anilines is 2. The van der Waals surface area contributed by atoms with E-state index in [0.29, 0.717) is 17.5 Å². The van der Waals surface area contributed by atoms with E-state index in [1.54, 1.807) is 0 Å². The summed E-state index contributed by atoms with van der Waals surface area (Å²) in [7, 11) is 0. The van der Waals surface area contributed by atoms with E-state index in [1.165, 1.54) is 22.5 Å². The Morgan fingerprint density at radius 3 is 1.60 bits per heavy atom. The lowest BCUT2D eigenvalue weighted by Crippen LogP contribution is -2.12. The Morgan fingerprint density at radius 1 is 0.397 bits per heavy atom. The quantitative estimate of drug-likeness (QED) is 0.163. The lowest BCUT2D eigenvalue weighted by atomic mass is 9.98. The molecule has 2 aromatic heterocycles. The van der Waals surface area contributed by atoms with Crippen LogP contribution in [0, 0.1) is 0 Å². The fourth-order valence-electron chi connectivity index (χ4n) is 8.34. The molecule has 0 radical (unpaired) electrons. The zero-order valence-corrected chi connectivity index (χ0v) is 31.6. The number of para-hydroxylation sites is 1. The Balaban J connectivity index is 1.06. The van der Waals surface area contributed by atoms with Crippen molar-refractivity contribution >= 4 is 33.3 Å². The molecule has 5 nitrogen and oxygen atoms in total. The Bertz CT molecular complexity index is 3020. The molecule has 274 valence electrons. The summed E-state index contributed by atoms with van der Waals surface area (Å²) in [5.74, 6) is 1.81. The minimum atomic E-state index is 0.590. The third-order valence-corrected chi connectivity index (χ3v) is 11.2. The summed E-state index contributed by atoms with van der Waals surface area (Å²) in [4.78, 5) is 18.0. The van der Waals surface area contributed by atoms with Gasteiger partial charge < -0.3 is 9.32 Å². The van der Waals surface area contributed by atoms with E-state index < -0.39 is 0 Å². The van der Waals surface area contributed by atoms with E-state index in [9.17, 15) is 0 Å². The van der Waals surface area contributed by atoms with E-state index in [4.69, 9.17) is 19.4 Å². The highest BCUT2D eigenvalue weighted by molar-refractivity contribution is 6.12. The topological polar surface area (TPSA) is 55.1 Å². The van der Waals surface area contributed by atoms with Gasteiger partial charge in [0.15, 0.2) is 17.5 Å². The van der Waals surface area contributed by atoms with Gasteiger partial charge in [-0.25, -0.2) is 15.0 Å². The van der Waals surface area contributed by atoms with Crippen molar-refractivity contribution in [1.29, 1.82) is 0 Å². The molecule has 0 unspecified atom stereocenters. The maximum Gasteiger partial charge on any atom is 0.164 e. The van der Waals surface area contributed by atoms with Crippen LogP contribution in [-0.2, 0) is 6.42 Å². The molecule has 0 bridgehead atoms. The molecule has 3 heterocycles. The molecule has 5 heteroatoms. The number of nitrogens with zero attached hydrogens (tertiary/aromatic N) is 4. The van der Waals surface area contributed by atoms with E-state index >= 15 is 0 Å². The van der Waals surface area contributed by atoms with Crippen molar-refractivity contribution in [2.45, 2.75) is 6.42 Å². The number of rotatable bonds is 7. The Labute approximate surface area is 336 Å². The van der Waals surface area contributed by atoms with Crippen LogP contribution in [0.25, 0.3) is 89.5 Å². The van der Waals surface area contributed by atoms with Crippen molar-refractivity contribution in [2.75, 3.05) is 11.4 Å².